The summed E-state index contributed by atoms with van der Waals surface area (Å²) in [5.41, 5.74) is 2.93. The molecule has 0 spiro atoms. The van der Waals surface area contributed by atoms with Crippen molar-refractivity contribution in [3.8, 4) is 22.8 Å². The van der Waals surface area contributed by atoms with Crippen LogP contribution in [0.15, 0.2) is 28.8 Å². The van der Waals surface area contributed by atoms with Crippen LogP contribution in [0.1, 0.15) is 35.8 Å². The van der Waals surface area contributed by atoms with E-state index in [2.05, 4.69) is 22.4 Å². The Hall–Kier alpha value is -3.09. The van der Waals surface area contributed by atoms with Crippen molar-refractivity contribution in [2.75, 3.05) is 13.3 Å². The minimum absolute atomic E-state index is 0.154. The van der Waals surface area contributed by atoms with Crippen molar-refractivity contribution in [2.45, 2.75) is 26.7 Å². The zero-order valence-corrected chi connectivity index (χ0v) is 14.7. The highest BCUT2D eigenvalue weighted by atomic mass is 16.7. The summed E-state index contributed by atoms with van der Waals surface area (Å²) in [4.78, 5) is 17.2. The maximum Gasteiger partial charge on any atom is 0.259 e. The molecular formula is C19H19N3O4. The molecular weight excluding hydrogens is 334 g/mol. The van der Waals surface area contributed by atoms with Crippen molar-refractivity contribution in [3.05, 3.63) is 35.5 Å². The predicted molar refractivity (Wildman–Crippen MR) is 95.3 cm³/mol. The quantitative estimate of drug-likeness (QED) is 0.707. The highest BCUT2D eigenvalue weighted by molar-refractivity contribution is 6.07. The fourth-order valence-electron chi connectivity index (χ4n) is 2.95. The molecule has 1 aliphatic heterocycles. The number of nitrogens with zero attached hydrogens (tertiary/aromatic N) is 2. The molecule has 0 unspecified atom stereocenters. The lowest BCUT2D eigenvalue weighted by Gasteiger charge is -2.08. The maximum atomic E-state index is 12.7. The lowest BCUT2D eigenvalue weighted by atomic mass is 10.0. The van der Waals surface area contributed by atoms with E-state index in [0.29, 0.717) is 46.1 Å². The van der Waals surface area contributed by atoms with Gasteiger partial charge in [0.15, 0.2) is 11.5 Å². The summed E-state index contributed by atoms with van der Waals surface area (Å²) in [6.45, 7) is 4.72. The van der Waals surface area contributed by atoms with Crippen LogP contribution in [0.2, 0.25) is 0 Å². The first-order valence-electron chi connectivity index (χ1n) is 8.62. The number of fused-ring (bicyclic) bond motifs is 2. The average molecular weight is 353 g/mol. The van der Waals surface area contributed by atoms with Gasteiger partial charge in [0.1, 0.15) is 0 Å². The number of benzene rings is 1. The molecule has 1 amide bonds. The Labute approximate surface area is 150 Å². The van der Waals surface area contributed by atoms with E-state index < -0.39 is 0 Å². The van der Waals surface area contributed by atoms with Gasteiger partial charge < -0.3 is 19.3 Å². The Morgan fingerprint density at radius 3 is 2.92 bits per heavy atom. The van der Waals surface area contributed by atoms with E-state index in [1.165, 1.54) is 0 Å². The van der Waals surface area contributed by atoms with Crippen molar-refractivity contribution in [1.29, 1.82) is 0 Å². The SMILES string of the molecule is CCCCNC(=O)c1cc(-c2ccc3c(c2)OCO3)nc2onc(C)c12. The largest absolute Gasteiger partial charge is 0.454 e. The monoisotopic (exact) mass is 353 g/mol. The Morgan fingerprint density at radius 2 is 2.08 bits per heavy atom. The van der Waals surface area contributed by atoms with Crippen LogP contribution in [0.5, 0.6) is 11.5 Å². The standard InChI is InChI=1S/C19H19N3O4/c1-3-4-7-20-18(23)13-9-14(21-19-17(13)11(2)22-26-19)12-5-6-15-16(8-12)25-10-24-15/h5-6,8-9H,3-4,7,10H2,1-2H3,(H,20,23). The topological polar surface area (TPSA) is 86.5 Å². The highest BCUT2D eigenvalue weighted by Gasteiger charge is 2.20. The normalized spacial score (nSPS) is 12.5. The van der Waals surface area contributed by atoms with Crippen LogP contribution in [0.4, 0.5) is 0 Å². The molecule has 1 aliphatic rings. The molecule has 3 heterocycles. The number of pyridine rings is 1. The van der Waals surface area contributed by atoms with Crippen molar-refractivity contribution < 1.29 is 18.8 Å². The van der Waals surface area contributed by atoms with E-state index >= 15 is 0 Å². The lowest BCUT2D eigenvalue weighted by Crippen LogP contribution is -2.24. The van der Waals surface area contributed by atoms with Gasteiger partial charge in [-0.05, 0) is 37.6 Å². The van der Waals surface area contributed by atoms with Gasteiger partial charge in [-0.3, -0.25) is 4.79 Å². The smallest absolute Gasteiger partial charge is 0.259 e. The third kappa shape index (κ3) is 2.85. The van der Waals surface area contributed by atoms with Gasteiger partial charge in [0.2, 0.25) is 6.79 Å². The molecule has 2 aromatic heterocycles. The van der Waals surface area contributed by atoms with E-state index in [0.717, 1.165) is 18.4 Å². The summed E-state index contributed by atoms with van der Waals surface area (Å²) < 4.78 is 16.1. The van der Waals surface area contributed by atoms with Crippen molar-refractivity contribution in [2.24, 2.45) is 0 Å². The van der Waals surface area contributed by atoms with Crippen molar-refractivity contribution in [1.82, 2.24) is 15.5 Å². The number of aryl methyl sites for hydroxylation is 1. The van der Waals surface area contributed by atoms with Crippen LogP contribution in [-0.2, 0) is 0 Å². The van der Waals surface area contributed by atoms with Crippen LogP contribution < -0.4 is 14.8 Å². The number of carbonyl (C=O) groups is 1. The molecule has 3 aromatic rings. The fraction of sp³-hybridized carbons (Fsp3) is 0.316. The van der Waals surface area contributed by atoms with Gasteiger partial charge in [-0.15, -0.1) is 0 Å². The van der Waals surface area contributed by atoms with Gasteiger partial charge >= 0.3 is 0 Å². The Kier molecular flexibility index (Phi) is 4.20. The number of nitrogens with one attached hydrogen (secondary N) is 1. The molecule has 26 heavy (non-hydrogen) atoms. The van der Waals surface area contributed by atoms with E-state index in [-0.39, 0.29) is 12.7 Å². The predicted octanol–water partition coefficient (Wildman–Crippen LogP) is 3.46. The first kappa shape index (κ1) is 16.4. The zero-order valence-electron chi connectivity index (χ0n) is 14.7. The number of hydrogen-bond donors (Lipinski definition) is 1. The molecule has 134 valence electrons. The summed E-state index contributed by atoms with van der Waals surface area (Å²) in [5, 5.41) is 7.56. The van der Waals surface area contributed by atoms with E-state index in [1.807, 2.05) is 18.2 Å². The Balaban J connectivity index is 1.78. The molecule has 4 rings (SSSR count). The van der Waals surface area contributed by atoms with Crippen molar-refractivity contribution in [3.63, 3.8) is 0 Å². The van der Waals surface area contributed by atoms with Crippen LogP contribution in [0.25, 0.3) is 22.4 Å². The Bertz CT molecular complexity index is 980. The minimum atomic E-state index is -0.154. The molecule has 0 atom stereocenters. The molecule has 7 nitrogen and oxygen atoms in total. The molecule has 0 saturated carbocycles. The first-order valence-corrected chi connectivity index (χ1v) is 8.62. The zero-order chi connectivity index (χ0) is 18.1. The van der Waals surface area contributed by atoms with Crippen LogP contribution in [-0.4, -0.2) is 29.4 Å². The molecule has 0 aliphatic carbocycles. The molecule has 0 saturated heterocycles. The van der Waals surface area contributed by atoms with Crippen LogP contribution in [0, 0.1) is 6.92 Å². The molecule has 0 fully saturated rings. The highest BCUT2D eigenvalue weighted by Crippen LogP contribution is 2.36. The summed E-state index contributed by atoms with van der Waals surface area (Å²) in [6.07, 6.45) is 1.94. The molecule has 0 radical (unpaired) electrons. The van der Waals surface area contributed by atoms with Gasteiger partial charge in [0.25, 0.3) is 11.6 Å². The molecule has 1 N–H and O–H groups in total. The van der Waals surface area contributed by atoms with Crippen molar-refractivity contribution >= 4 is 17.0 Å². The summed E-state index contributed by atoms with van der Waals surface area (Å²) in [5.74, 6) is 1.20. The molecule has 7 heteroatoms. The second-order valence-corrected chi connectivity index (χ2v) is 6.18. The second kappa shape index (κ2) is 6.67. The van der Waals surface area contributed by atoms with E-state index in [4.69, 9.17) is 14.0 Å². The summed E-state index contributed by atoms with van der Waals surface area (Å²) in [6, 6.07) is 7.32. The number of carbonyl (C=O) groups excluding carboxylic acids is 1. The van der Waals surface area contributed by atoms with E-state index in [1.54, 1.807) is 13.0 Å². The third-order valence-corrected chi connectivity index (χ3v) is 4.35. The van der Waals surface area contributed by atoms with Crippen LogP contribution >= 0.6 is 0 Å². The van der Waals surface area contributed by atoms with Gasteiger partial charge in [-0.1, -0.05) is 18.5 Å². The first-order chi connectivity index (χ1) is 12.7. The molecule has 1 aromatic carbocycles. The minimum Gasteiger partial charge on any atom is -0.454 e. The maximum absolute atomic E-state index is 12.7. The van der Waals surface area contributed by atoms with Gasteiger partial charge in [0, 0.05) is 12.1 Å². The third-order valence-electron chi connectivity index (χ3n) is 4.35. The average Bonchev–Trinajstić information content (AvgIpc) is 3.27. The van der Waals surface area contributed by atoms with E-state index in [9.17, 15) is 4.79 Å². The Morgan fingerprint density at radius 1 is 1.23 bits per heavy atom. The lowest BCUT2D eigenvalue weighted by molar-refractivity contribution is 0.0954. The molecule has 0 bridgehead atoms. The summed E-state index contributed by atoms with van der Waals surface area (Å²) in [7, 11) is 0. The van der Waals surface area contributed by atoms with Crippen LogP contribution in [0.3, 0.4) is 0 Å². The number of amides is 1. The fourth-order valence-corrected chi connectivity index (χ4v) is 2.95. The number of rotatable bonds is 5. The number of ether oxygens (including phenoxy) is 2. The second-order valence-electron chi connectivity index (χ2n) is 6.18. The van der Waals surface area contributed by atoms with Gasteiger partial charge in [-0.2, -0.15) is 0 Å². The van der Waals surface area contributed by atoms with Gasteiger partial charge in [-0.25, -0.2) is 4.98 Å². The summed E-state index contributed by atoms with van der Waals surface area (Å²) >= 11 is 0. The number of hydrogen-bond acceptors (Lipinski definition) is 6. The number of aromatic nitrogens is 2. The van der Waals surface area contributed by atoms with Gasteiger partial charge in [0.05, 0.1) is 22.3 Å². The number of unbranched alkanes of at least 4 members (excludes halogenated alkanes) is 1.